The monoisotopic (exact) mass is 314 g/mol. The van der Waals surface area contributed by atoms with Crippen LogP contribution in [0.25, 0.3) is 0 Å². The van der Waals surface area contributed by atoms with Gasteiger partial charge in [0.1, 0.15) is 18.0 Å². The second kappa shape index (κ2) is 7.17. The van der Waals surface area contributed by atoms with Gasteiger partial charge in [-0.2, -0.15) is 0 Å². The molecule has 2 heterocycles. The minimum absolute atomic E-state index is 0.608. The van der Waals surface area contributed by atoms with Gasteiger partial charge in [-0.3, -0.25) is 0 Å². The second-order valence-electron chi connectivity index (χ2n) is 5.46. The largest absolute Gasteiger partial charge is 0.493 e. The molecular weight excluding hydrogens is 292 g/mol. The van der Waals surface area contributed by atoms with Crippen molar-refractivity contribution in [3.63, 3.8) is 0 Å². The van der Waals surface area contributed by atoms with E-state index >= 15 is 0 Å². The zero-order valence-corrected chi connectivity index (χ0v) is 13.6. The average Bonchev–Trinajstić information content (AvgIpc) is 3.14. The lowest BCUT2D eigenvalue weighted by Crippen LogP contribution is -2.19. The lowest BCUT2D eigenvalue weighted by molar-refractivity contribution is 0.352. The van der Waals surface area contributed by atoms with Gasteiger partial charge < -0.3 is 19.7 Å². The summed E-state index contributed by atoms with van der Waals surface area (Å²) in [5.41, 5.74) is 1.02. The molecule has 0 saturated carbocycles. The van der Waals surface area contributed by atoms with E-state index in [0.29, 0.717) is 6.54 Å². The van der Waals surface area contributed by atoms with Gasteiger partial charge in [0.25, 0.3) is 0 Å². The topological polar surface area (TPSA) is 59.5 Å². The molecule has 3 rings (SSSR count). The summed E-state index contributed by atoms with van der Waals surface area (Å²) >= 11 is 0. The van der Waals surface area contributed by atoms with Gasteiger partial charge in [-0.05, 0) is 18.9 Å². The van der Waals surface area contributed by atoms with Gasteiger partial charge in [0.2, 0.25) is 0 Å². The number of nitrogens with one attached hydrogen (secondary N) is 1. The normalized spacial score (nSPS) is 13.9. The molecule has 1 aliphatic heterocycles. The Bertz CT molecular complexity index is 657. The van der Waals surface area contributed by atoms with Gasteiger partial charge in [-0.1, -0.05) is 12.1 Å². The number of rotatable bonds is 6. The third-order valence-corrected chi connectivity index (χ3v) is 4.03. The molecule has 0 radical (unpaired) electrons. The van der Waals surface area contributed by atoms with Crippen LogP contribution in [-0.2, 0) is 6.54 Å². The van der Waals surface area contributed by atoms with Crippen molar-refractivity contribution in [2.75, 3.05) is 37.5 Å². The van der Waals surface area contributed by atoms with Crippen molar-refractivity contribution < 1.29 is 9.47 Å². The van der Waals surface area contributed by atoms with E-state index in [9.17, 15) is 0 Å². The molecule has 1 aliphatic rings. The molecule has 0 spiro atoms. The molecule has 2 aromatic rings. The first-order valence-electron chi connectivity index (χ1n) is 7.82. The number of methoxy groups -OCH3 is 2. The van der Waals surface area contributed by atoms with Crippen LogP contribution in [0.2, 0.25) is 0 Å². The number of hydrogen-bond acceptors (Lipinski definition) is 6. The van der Waals surface area contributed by atoms with E-state index < -0.39 is 0 Å². The van der Waals surface area contributed by atoms with E-state index in [1.54, 1.807) is 20.5 Å². The van der Waals surface area contributed by atoms with E-state index in [4.69, 9.17) is 9.47 Å². The zero-order valence-electron chi connectivity index (χ0n) is 13.6. The van der Waals surface area contributed by atoms with Gasteiger partial charge >= 0.3 is 0 Å². The van der Waals surface area contributed by atoms with Crippen molar-refractivity contribution in [3.8, 4) is 11.5 Å². The molecule has 6 nitrogen and oxygen atoms in total. The van der Waals surface area contributed by atoms with Crippen molar-refractivity contribution in [2.45, 2.75) is 19.4 Å². The number of aromatic nitrogens is 2. The van der Waals surface area contributed by atoms with Crippen LogP contribution in [0.5, 0.6) is 11.5 Å². The number of hydrogen-bond donors (Lipinski definition) is 1. The van der Waals surface area contributed by atoms with Crippen molar-refractivity contribution >= 4 is 11.6 Å². The summed E-state index contributed by atoms with van der Waals surface area (Å²) in [6.07, 6.45) is 4.07. The predicted molar refractivity (Wildman–Crippen MR) is 90.4 cm³/mol. The van der Waals surface area contributed by atoms with E-state index in [2.05, 4.69) is 20.2 Å². The maximum Gasteiger partial charge on any atom is 0.165 e. The Balaban J connectivity index is 1.72. The maximum absolute atomic E-state index is 5.45. The highest BCUT2D eigenvalue weighted by Gasteiger charge is 2.14. The third-order valence-electron chi connectivity index (χ3n) is 4.03. The fourth-order valence-corrected chi connectivity index (χ4v) is 2.84. The third kappa shape index (κ3) is 3.47. The first kappa shape index (κ1) is 15.4. The van der Waals surface area contributed by atoms with Crippen LogP contribution in [0.15, 0.2) is 30.6 Å². The molecule has 1 aromatic heterocycles. The van der Waals surface area contributed by atoms with E-state index in [1.165, 1.54) is 12.8 Å². The summed E-state index contributed by atoms with van der Waals surface area (Å²) in [5.74, 6) is 3.27. The molecule has 1 fully saturated rings. The van der Waals surface area contributed by atoms with Crippen LogP contribution in [-0.4, -0.2) is 37.3 Å². The molecule has 0 atom stereocenters. The molecule has 122 valence electrons. The summed E-state index contributed by atoms with van der Waals surface area (Å²) in [7, 11) is 3.29. The lowest BCUT2D eigenvalue weighted by atomic mass is 10.2. The number of ether oxygens (including phenoxy) is 2. The van der Waals surface area contributed by atoms with Gasteiger partial charge in [-0.25, -0.2) is 9.97 Å². The highest BCUT2D eigenvalue weighted by molar-refractivity contribution is 5.51. The van der Waals surface area contributed by atoms with E-state index in [1.807, 2.05) is 24.3 Å². The summed E-state index contributed by atoms with van der Waals surface area (Å²) < 4.78 is 10.8. The Morgan fingerprint density at radius 1 is 1.13 bits per heavy atom. The van der Waals surface area contributed by atoms with Gasteiger partial charge in [0.05, 0.1) is 14.2 Å². The first-order chi connectivity index (χ1) is 11.3. The molecule has 0 unspecified atom stereocenters. The molecule has 23 heavy (non-hydrogen) atoms. The number of anilines is 2. The summed E-state index contributed by atoms with van der Waals surface area (Å²) in [5, 5.41) is 3.34. The molecule has 1 aromatic carbocycles. The highest BCUT2D eigenvalue weighted by atomic mass is 16.5. The standard InChI is InChI=1S/C17H22N4O2/c1-22-14-7-5-6-13(17(14)23-2)11-18-15-10-16(20-12-19-15)21-8-3-4-9-21/h5-7,10,12H,3-4,8-9,11H2,1-2H3,(H,18,19,20). The predicted octanol–water partition coefficient (Wildman–Crippen LogP) is 2.71. The quantitative estimate of drug-likeness (QED) is 0.884. The van der Waals surface area contributed by atoms with E-state index in [-0.39, 0.29) is 0 Å². The Morgan fingerprint density at radius 2 is 1.96 bits per heavy atom. The molecule has 0 aliphatic carbocycles. The molecule has 1 N–H and O–H groups in total. The maximum atomic E-state index is 5.45. The van der Waals surface area contributed by atoms with Crippen LogP contribution < -0.4 is 19.7 Å². The minimum Gasteiger partial charge on any atom is -0.493 e. The van der Waals surface area contributed by atoms with Crippen LogP contribution in [0.4, 0.5) is 11.6 Å². The number of benzene rings is 1. The van der Waals surface area contributed by atoms with Crippen LogP contribution in [0.3, 0.4) is 0 Å². The fraction of sp³-hybridized carbons (Fsp3) is 0.412. The molecular formula is C17H22N4O2. The number of para-hydroxylation sites is 1. The molecule has 1 saturated heterocycles. The highest BCUT2D eigenvalue weighted by Crippen LogP contribution is 2.31. The summed E-state index contributed by atoms with van der Waals surface area (Å²) in [6, 6.07) is 7.85. The van der Waals surface area contributed by atoms with Crippen molar-refractivity contribution in [2.24, 2.45) is 0 Å². The molecule has 0 amide bonds. The first-order valence-corrected chi connectivity index (χ1v) is 7.82. The second-order valence-corrected chi connectivity index (χ2v) is 5.46. The Morgan fingerprint density at radius 3 is 2.70 bits per heavy atom. The Labute approximate surface area is 136 Å². The van der Waals surface area contributed by atoms with Gasteiger partial charge in [0, 0.05) is 31.3 Å². The van der Waals surface area contributed by atoms with Crippen molar-refractivity contribution in [3.05, 3.63) is 36.2 Å². The number of nitrogens with zero attached hydrogens (tertiary/aromatic N) is 3. The SMILES string of the molecule is COc1cccc(CNc2cc(N3CCCC3)ncn2)c1OC. The van der Waals surface area contributed by atoms with Crippen LogP contribution >= 0.6 is 0 Å². The van der Waals surface area contributed by atoms with Crippen LogP contribution in [0.1, 0.15) is 18.4 Å². The molecule has 0 bridgehead atoms. The minimum atomic E-state index is 0.608. The zero-order chi connectivity index (χ0) is 16.1. The van der Waals surface area contributed by atoms with Gasteiger partial charge in [0.15, 0.2) is 11.5 Å². The lowest BCUT2D eigenvalue weighted by Gasteiger charge is -2.17. The molecule has 6 heteroatoms. The van der Waals surface area contributed by atoms with Crippen molar-refractivity contribution in [1.82, 2.24) is 9.97 Å². The Hall–Kier alpha value is -2.50. The van der Waals surface area contributed by atoms with Gasteiger partial charge in [-0.15, -0.1) is 0 Å². The fourth-order valence-electron chi connectivity index (χ4n) is 2.84. The summed E-state index contributed by atoms with van der Waals surface area (Å²) in [6.45, 7) is 2.75. The Kier molecular flexibility index (Phi) is 4.80. The smallest absolute Gasteiger partial charge is 0.165 e. The van der Waals surface area contributed by atoms with E-state index in [0.717, 1.165) is 41.8 Å². The van der Waals surface area contributed by atoms with Crippen LogP contribution in [0, 0.1) is 0 Å². The van der Waals surface area contributed by atoms with Crippen molar-refractivity contribution in [1.29, 1.82) is 0 Å². The average molecular weight is 314 g/mol. The summed E-state index contributed by atoms with van der Waals surface area (Å²) in [4.78, 5) is 11.0.